The number of rotatable bonds is 3. The molecule has 0 aliphatic carbocycles. The molecule has 2 rings (SSSR count). The number of nitrogens with two attached hydrogens (primary N) is 1. The van der Waals surface area contributed by atoms with E-state index in [1.807, 2.05) is 5.38 Å². The van der Waals surface area contributed by atoms with E-state index in [4.69, 9.17) is 5.73 Å². The van der Waals surface area contributed by atoms with Crippen molar-refractivity contribution in [3.05, 3.63) is 34.2 Å². The van der Waals surface area contributed by atoms with Crippen molar-refractivity contribution < 1.29 is 4.79 Å². The van der Waals surface area contributed by atoms with E-state index in [0.29, 0.717) is 5.13 Å². The average Bonchev–Trinajstić information content (AvgIpc) is 2.82. The Morgan fingerprint density at radius 1 is 1.25 bits per heavy atom. The first-order chi connectivity index (χ1) is 9.38. The summed E-state index contributed by atoms with van der Waals surface area (Å²) in [6.45, 7) is 7.91. The Labute approximate surface area is 123 Å². The Balaban J connectivity index is 2.29. The number of carbonyl (C=O) groups excluding carboxylic acids is 1. The number of carbonyl (C=O) groups is 1. The number of hydrogen-bond donors (Lipinski definition) is 2. The van der Waals surface area contributed by atoms with Crippen molar-refractivity contribution in [1.82, 2.24) is 4.98 Å². The smallest absolute Gasteiger partial charge is 0.242 e. The molecule has 0 saturated carbocycles. The quantitative estimate of drug-likeness (QED) is 0.912. The maximum absolute atomic E-state index is 11.6. The Hall–Kier alpha value is -1.72. The highest BCUT2D eigenvalue weighted by Crippen LogP contribution is 2.29. The summed E-state index contributed by atoms with van der Waals surface area (Å²) in [5.41, 5.74) is 11.2. The number of nitrogens with zero attached hydrogens (tertiary/aromatic N) is 1. The lowest BCUT2D eigenvalue weighted by Gasteiger charge is -2.07. The molecule has 2 aromatic rings. The summed E-state index contributed by atoms with van der Waals surface area (Å²) in [4.78, 5) is 16.0. The van der Waals surface area contributed by atoms with Crippen molar-refractivity contribution in [3.8, 4) is 11.3 Å². The van der Waals surface area contributed by atoms with Crippen LogP contribution >= 0.6 is 11.3 Å². The molecular formula is C15H19N3OS. The first kappa shape index (κ1) is 14.7. The number of nitrogens with one attached hydrogen (secondary N) is 1. The molecule has 0 spiro atoms. The van der Waals surface area contributed by atoms with Crippen LogP contribution in [0, 0.1) is 20.8 Å². The number of aryl methyl sites for hydroxylation is 3. The van der Waals surface area contributed by atoms with Gasteiger partial charge in [0.1, 0.15) is 0 Å². The van der Waals surface area contributed by atoms with Gasteiger partial charge in [-0.1, -0.05) is 6.07 Å². The van der Waals surface area contributed by atoms with Crippen LogP contribution in [0.4, 0.5) is 5.13 Å². The lowest BCUT2D eigenvalue weighted by Crippen LogP contribution is -2.32. The predicted molar refractivity (Wildman–Crippen MR) is 84.0 cm³/mol. The molecule has 1 aromatic heterocycles. The van der Waals surface area contributed by atoms with Crippen molar-refractivity contribution in [2.24, 2.45) is 5.73 Å². The molecule has 4 nitrogen and oxygen atoms in total. The van der Waals surface area contributed by atoms with Gasteiger partial charge in [-0.15, -0.1) is 11.3 Å². The van der Waals surface area contributed by atoms with Gasteiger partial charge >= 0.3 is 0 Å². The van der Waals surface area contributed by atoms with Crippen molar-refractivity contribution in [2.75, 3.05) is 5.32 Å². The molecule has 3 N–H and O–H groups in total. The van der Waals surface area contributed by atoms with Gasteiger partial charge < -0.3 is 11.1 Å². The number of amides is 1. The van der Waals surface area contributed by atoms with Crippen LogP contribution in [0.2, 0.25) is 0 Å². The van der Waals surface area contributed by atoms with Gasteiger partial charge in [-0.2, -0.15) is 0 Å². The largest absolute Gasteiger partial charge is 0.320 e. The molecule has 1 amide bonds. The number of aromatic nitrogens is 1. The van der Waals surface area contributed by atoms with Crippen molar-refractivity contribution in [2.45, 2.75) is 33.7 Å². The second kappa shape index (κ2) is 5.73. The minimum absolute atomic E-state index is 0.220. The van der Waals surface area contributed by atoms with E-state index in [0.717, 1.165) is 11.3 Å². The van der Waals surface area contributed by atoms with Gasteiger partial charge in [0.05, 0.1) is 11.7 Å². The van der Waals surface area contributed by atoms with Gasteiger partial charge in [-0.3, -0.25) is 4.79 Å². The summed E-state index contributed by atoms with van der Waals surface area (Å²) in [5, 5.41) is 5.26. The molecular weight excluding hydrogens is 270 g/mol. The van der Waals surface area contributed by atoms with Crippen molar-refractivity contribution in [3.63, 3.8) is 0 Å². The normalized spacial score (nSPS) is 12.2. The van der Waals surface area contributed by atoms with Crippen LogP contribution in [0.25, 0.3) is 11.3 Å². The van der Waals surface area contributed by atoms with Gasteiger partial charge in [0, 0.05) is 10.9 Å². The SMILES string of the molecule is Cc1cc(C)c(-c2csc(NC(=O)[C@@H](C)N)n2)cc1C. The molecule has 1 aromatic carbocycles. The zero-order chi connectivity index (χ0) is 14.9. The summed E-state index contributed by atoms with van der Waals surface area (Å²) in [7, 11) is 0. The van der Waals surface area contributed by atoms with Gasteiger partial charge in [0.15, 0.2) is 5.13 Å². The summed E-state index contributed by atoms with van der Waals surface area (Å²) < 4.78 is 0. The van der Waals surface area contributed by atoms with Crippen molar-refractivity contribution in [1.29, 1.82) is 0 Å². The summed E-state index contributed by atoms with van der Waals surface area (Å²) >= 11 is 1.41. The van der Waals surface area contributed by atoms with E-state index in [1.165, 1.54) is 28.0 Å². The minimum atomic E-state index is -0.536. The summed E-state index contributed by atoms with van der Waals surface area (Å²) in [6.07, 6.45) is 0. The fourth-order valence-corrected chi connectivity index (χ4v) is 2.62. The monoisotopic (exact) mass is 289 g/mol. The van der Waals surface area contributed by atoms with Crippen LogP contribution in [0.3, 0.4) is 0 Å². The maximum atomic E-state index is 11.6. The lowest BCUT2D eigenvalue weighted by molar-refractivity contribution is -0.117. The Morgan fingerprint density at radius 3 is 2.55 bits per heavy atom. The topological polar surface area (TPSA) is 68.0 Å². The van der Waals surface area contributed by atoms with E-state index in [1.54, 1.807) is 6.92 Å². The highest BCUT2D eigenvalue weighted by molar-refractivity contribution is 7.14. The second-order valence-electron chi connectivity index (χ2n) is 5.07. The maximum Gasteiger partial charge on any atom is 0.242 e. The third-order valence-electron chi connectivity index (χ3n) is 3.26. The van der Waals surface area contributed by atoms with E-state index < -0.39 is 6.04 Å². The van der Waals surface area contributed by atoms with Crippen LogP contribution in [0.15, 0.2) is 17.5 Å². The van der Waals surface area contributed by atoms with E-state index >= 15 is 0 Å². The Kier molecular flexibility index (Phi) is 4.20. The standard InChI is InChI=1S/C15H19N3OS/c1-8-5-10(3)12(6-9(8)2)13-7-20-15(17-13)18-14(19)11(4)16/h5-7,11H,16H2,1-4H3,(H,17,18,19)/t11-/m1/s1. The van der Waals surface area contributed by atoms with Crippen LogP contribution in [-0.4, -0.2) is 16.9 Å². The van der Waals surface area contributed by atoms with Gasteiger partial charge in [0.2, 0.25) is 5.91 Å². The first-order valence-electron chi connectivity index (χ1n) is 6.48. The zero-order valence-corrected chi connectivity index (χ0v) is 13.0. The molecule has 0 radical (unpaired) electrons. The molecule has 5 heteroatoms. The number of benzene rings is 1. The third-order valence-corrected chi connectivity index (χ3v) is 4.02. The van der Waals surface area contributed by atoms with Crippen molar-refractivity contribution >= 4 is 22.4 Å². The molecule has 0 aliphatic heterocycles. The molecule has 0 bridgehead atoms. The van der Waals surface area contributed by atoms with Gasteiger partial charge in [0.25, 0.3) is 0 Å². The number of thiazole rings is 1. The van der Waals surface area contributed by atoms with Gasteiger partial charge in [-0.25, -0.2) is 4.98 Å². The van der Waals surface area contributed by atoms with Crippen LogP contribution in [0.5, 0.6) is 0 Å². The molecule has 1 atom stereocenters. The van der Waals surface area contributed by atoms with Crippen LogP contribution in [-0.2, 0) is 4.79 Å². The van der Waals surface area contributed by atoms with Crippen LogP contribution < -0.4 is 11.1 Å². The fourth-order valence-electron chi connectivity index (χ4n) is 1.91. The number of anilines is 1. The molecule has 20 heavy (non-hydrogen) atoms. The Morgan fingerprint density at radius 2 is 1.90 bits per heavy atom. The number of hydrogen-bond acceptors (Lipinski definition) is 4. The molecule has 0 saturated heterocycles. The molecule has 0 unspecified atom stereocenters. The third kappa shape index (κ3) is 3.05. The summed E-state index contributed by atoms with van der Waals surface area (Å²) in [5.74, 6) is -0.220. The van der Waals surface area contributed by atoms with Gasteiger partial charge in [-0.05, 0) is 50.5 Å². The highest BCUT2D eigenvalue weighted by Gasteiger charge is 2.12. The fraction of sp³-hybridized carbons (Fsp3) is 0.333. The molecule has 106 valence electrons. The highest BCUT2D eigenvalue weighted by atomic mass is 32.1. The zero-order valence-electron chi connectivity index (χ0n) is 12.2. The van der Waals surface area contributed by atoms with E-state index in [-0.39, 0.29) is 5.91 Å². The van der Waals surface area contributed by atoms with E-state index in [2.05, 4.69) is 43.2 Å². The lowest BCUT2D eigenvalue weighted by atomic mass is 9.99. The second-order valence-corrected chi connectivity index (χ2v) is 5.93. The predicted octanol–water partition coefficient (Wildman–Crippen LogP) is 3.02. The minimum Gasteiger partial charge on any atom is -0.320 e. The molecule has 0 aliphatic rings. The molecule has 0 fully saturated rings. The summed E-state index contributed by atoms with van der Waals surface area (Å²) in [6, 6.07) is 3.76. The van der Waals surface area contributed by atoms with E-state index in [9.17, 15) is 4.79 Å². The van der Waals surface area contributed by atoms with Crippen LogP contribution in [0.1, 0.15) is 23.6 Å². The average molecular weight is 289 g/mol. The first-order valence-corrected chi connectivity index (χ1v) is 7.36. The Bertz CT molecular complexity index is 647. The molecule has 1 heterocycles.